The molecule has 1 aromatic carbocycles. The zero-order valence-electron chi connectivity index (χ0n) is 13.2. The van der Waals surface area contributed by atoms with Gasteiger partial charge in [-0.05, 0) is 12.1 Å². The SMILES string of the molecule is COC(=O)c1cc(C2OCC(C)CO2)ccc1OS(=O)(=O)C(F)(F)F. The van der Waals surface area contributed by atoms with E-state index in [4.69, 9.17) is 9.47 Å². The third kappa shape index (κ3) is 4.41. The fraction of sp³-hybridized carbons (Fsp3) is 0.500. The van der Waals surface area contributed by atoms with Crippen LogP contribution >= 0.6 is 0 Å². The van der Waals surface area contributed by atoms with Crippen molar-refractivity contribution in [2.24, 2.45) is 5.92 Å². The van der Waals surface area contributed by atoms with E-state index in [9.17, 15) is 26.4 Å². The monoisotopic (exact) mass is 384 g/mol. The number of rotatable bonds is 4. The van der Waals surface area contributed by atoms with Gasteiger partial charge in [-0.1, -0.05) is 13.0 Å². The zero-order chi connectivity index (χ0) is 18.8. The molecule has 0 spiro atoms. The predicted octanol–water partition coefficient (Wildman–Crippen LogP) is 2.38. The van der Waals surface area contributed by atoms with E-state index in [1.54, 1.807) is 0 Å². The lowest BCUT2D eigenvalue weighted by molar-refractivity contribution is -0.202. The first kappa shape index (κ1) is 19.5. The smallest absolute Gasteiger partial charge is 0.465 e. The van der Waals surface area contributed by atoms with Gasteiger partial charge in [-0.2, -0.15) is 21.6 Å². The van der Waals surface area contributed by atoms with Crippen LogP contribution in [0.4, 0.5) is 13.2 Å². The third-order valence-corrected chi connectivity index (χ3v) is 4.19. The highest BCUT2D eigenvalue weighted by Crippen LogP contribution is 2.33. The summed E-state index contributed by atoms with van der Waals surface area (Å²) in [6.07, 6.45) is -0.840. The molecule has 1 aliphatic heterocycles. The highest BCUT2D eigenvalue weighted by atomic mass is 32.2. The summed E-state index contributed by atoms with van der Waals surface area (Å²) in [5.41, 5.74) is -5.83. The van der Waals surface area contributed by atoms with Gasteiger partial charge in [0, 0.05) is 11.5 Å². The van der Waals surface area contributed by atoms with Crippen LogP contribution in [0.2, 0.25) is 0 Å². The molecule has 2 rings (SSSR count). The second kappa shape index (κ2) is 7.18. The molecule has 25 heavy (non-hydrogen) atoms. The lowest BCUT2D eigenvalue weighted by atomic mass is 10.1. The number of methoxy groups -OCH3 is 1. The van der Waals surface area contributed by atoms with E-state index in [1.165, 1.54) is 6.07 Å². The van der Waals surface area contributed by atoms with Crippen LogP contribution in [-0.2, 0) is 24.3 Å². The second-order valence-electron chi connectivity index (χ2n) is 5.33. The molecule has 1 aliphatic rings. The van der Waals surface area contributed by atoms with E-state index in [2.05, 4.69) is 8.92 Å². The maximum Gasteiger partial charge on any atom is 0.534 e. The van der Waals surface area contributed by atoms with Gasteiger partial charge in [-0.25, -0.2) is 4.79 Å². The van der Waals surface area contributed by atoms with E-state index in [1.807, 2.05) is 6.92 Å². The van der Waals surface area contributed by atoms with Crippen molar-refractivity contribution in [1.29, 1.82) is 0 Å². The van der Waals surface area contributed by atoms with Gasteiger partial charge >= 0.3 is 21.6 Å². The first-order valence-corrected chi connectivity index (χ1v) is 8.42. The van der Waals surface area contributed by atoms with Crippen molar-refractivity contribution >= 4 is 16.1 Å². The molecule has 0 aromatic heterocycles. The Morgan fingerprint density at radius 1 is 1.24 bits per heavy atom. The topological polar surface area (TPSA) is 88.1 Å². The van der Waals surface area contributed by atoms with Crippen molar-refractivity contribution < 1.29 is 44.8 Å². The van der Waals surface area contributed by atoms with Gasteiger partial charge in [0.05, 0.1) is 20.3 Å². The van der Waals surface area contributed by atoms with Gasteiger partial charge in [0.2, 0.25) is 0 Å². The van der Waals surface area contributed by atoms with E-state index >= 15 is 0 Å². The number of benzene rings is 1. The summed E-state index contributed by atoms with van der Waals surface area (Å²) in [7, 11) is -4.94. The summed E-state index contributed by atoms with van der Waals surface area (Å²) in [6, 6.07) is 3.26. The fourth-order valence-corrected chi connectivity index (χ4v) is 2.47. The summed E-state index contributed by atoms with van der Waals surface area (Å²) < 4.78 is 79.1. The molecule has 1 aromatic rings. The van der Waals surface area contributed by atoms with Gasteiger partial charge in [0.1, 0.15) is 5.56 Å². The van der Waals surface area contributed by atoms with Gasteiger partial charge < -0.3 is 18.4 Å². The van der Waals surface area contributed by atoms with Gasteiger partial charge in [0.15, 0.2) is 12.0 Å². The molecule has 140 valence electrons. The van der Waals surface area contributed by atoms with Crippen LogP contribution in [0.1, 0.15) is 29.1 Å². The number of esters is 1. The Morgan fingerprint density at radius 3 is 2.36 bits per heavy atom. The summed E-state index contributed by atoms with van der Waals surface area (Å²) in [4.78, 5) is 11.8. The minimum Gasteiger partial charge on any atom is -0.465 e. The molecule has 1 saturated heterocycles. The molecule has 0 bridgehead atoms. The summed E-state index contributed by atoms with van der Waals surface area (Å²) >= 11 is 0. The molecule has 0 radical (unpaired) electrons. The van der Waals surface area contributed by atoms with Crippen molar-refractivity contribution in [1.82, 2.24) is 0 Å². The molecule has 0 N–H and O–H groups in total. The minimum absolute atomic E-state index is 0.163. The molecule has 1 fully saturated rings. The van der Waals surface area contributed by atoms with Crippen LogP contribution in [0.3, 0.4) is 0 Å². The molecule has 0 unspecified atom stereocenters. The number of carbonyl (C=O) groups excluding carboxylic acids is 1. The first-order chi connectivity index (χ1) is 11.5. The fourth-order valence-electron chi connectivity index (χ4n) is 1.99. The lowest BCUT2D eigenvalue weighted by Gasteiger charge is -2.28. The predicted molar refractivity (Wildman–Crippen MR) is 77.2 cm³/mol. The Hall–Kier alpha value is -1.85. The normalized spacial score (nSPS) is 21.6. The van der Waals surface area contributed by atoms with Crippen LogP contribution < -0.4 is 4.18 Å². The largest absolute Gasteiger partial charge is 0.534 e. The van der Waals surface area contributed by atoms with Gasteiger partial charge in [-0.3, -0.25) is 0 Å². The average Bonchev–Trinajstić information content (AvgIpc) is 2.54. The molecule has 0 amide bonds. The van der Waals surface area contributed by atoms with Gasteiger partial charge in [0.25, 0.3) is 0 Å². The van der Waals surface area contributed by atoms with E-state index in [0.717, 1.165) is 19.2 Å². The van der Waals surface area contributed by atoms with Crippen molar-refractivity contribution in [3.05, 3.63) is 29.3 Å². The number of ether oxygens (including phenoxy) is 3. The molecule has 11 heteroatoms. The van der Waals surface area contributed by atoms with Crippen molar-refractivity contribution in [2.75, 3.05) is 20.3 Å². The first-order valence-electron chi connectivity index (χ1n) is 7.01. The Kier molecular flexibility index (Phi) is 5.59. The number of alkyl halides is 3. The molecular formula is C14H15F3O7S. The molecule has 0 saturated carbocycles. The quantitative estimate of drug-likeness (QED) is 0.447. The average molecular weight is 384 g/mol. The van der Waals surface area contributed by atoms with Crippen LogP contribution in [-0.4, -0.2) is 40.2 Å². The third-order valence-electron chi connectivity index (χ3n) is 3.23. The standard InChI is InChI=1S/C14H15F3O7S/c1-8-6-22-13(23-7-8)9-3-4-11(10(5-9)12(18)21-2)24-25(19,20)14(15,16)17/h3-5,8,13H,6-7H2,1-2H3. The summed E-state index contributed by atoms with van der Waals surface area (Å²) in [5.74, 6) is -1.72. The molecule has 0 aliphatic carbocycles. The Balaban J connectivity index is 2.36. The van der Waals surface area contributed by atoms with E-state index < -0.39 is 39.2 Å². The van der Waals surface area contributed by atoms with Gasteiger partial charge in [-0.15, -0.1) is 0 Å². The molecular weight excluding hydrogens is 369 g/mol. The highest BCUT2D eigenvalue weighted by Gasteiger charge is 2.49. The molecule has 1 heterocycles. The summed E-state index contributed by atoms with van der Waals surface area (Å²) in [5, 5.41) is 0. The maximum absolute atomic E-state index is 12.5. The van der Waals surface area contributed by atoms with E-state index in [0.29, 0.717) is 18.8 Å². The number of carbonyl (C=O) groups is 1. The lowest BCUT2D eigenvalue weighted by Crippen LogP contribution is -2.29. The van der Waals surface area contributed by atoms with Crippen molar-refractivity contribution in [2.45, 2.75) is 18.7 Å². The number of hydrogen-bond donors (Lipinski definition) is 0. The van der Waals surface area contributed by atoms with Crippen LogP contribution in [0.15, 0.2) is 18.2 Å². The zero-order valence-corrected chi connectivity index (χ0v) is 14.0. The Labute approximate surface area is 141 Å². The van der Waals surface area contributed by atoms with Crippen molar-refractivity contribution in [3.8, 4) is 5.75 Å². The molecule has 0 atom stereocenters. The Morgan fingerprint density at radius 2 is 1.84 bits per heavy atom. The second-order valence-corrected chi connectivity index (χ2v) is 6.87. The molecule has 7 nitrogen and oxygen atoms in total. The highest BCUT2D eigenvalue weighted by molar-refractivity contribution is 7.88. The maximum atomic E-state index is 12.5. The van der Waals surface area contributed by atoms with Crippen LogP contribution in [0.25, 0.3) is 0 Å². The van der Waals surface area contributed by atoms with Crippen molar-refractivity contribution in [3.63, 3.8) is 0 Å². The number of hydrogen-bond acceptors (Lipinski definition) is 7. The number of halogens is 3. The van der Waals surface area contributed by atoms with E-state index in [-0.39, 0.29) is 5.92 Å². The van der Waals surface area contributed by atoms with Crippen LogP contribution in [0, 0.1) is 5.92 Å². The Bertz CT molecular complexity index is 737. The summed E-state index contributed by atoms with van der Waals surface area (Å²) in [6.45, 7) is 2.67. The minimum atomic E-state index is -5.93. The van der Waals surface area contributed by atoms with Crippen LogP contribution in [0.5, 0.6) is 5.75 Å².